The number of hydrogen-bond donors (Lipinski definition) is 1. The van der Waals surface area contributed by atoms with Crippen molar-refractivity contribution in [3.05, 3.63) is 77.6 Å². The lowest BCUT2D eigenvalue weighted by Crippen LogP contribution is -2.29. The molecule has 3 aromatic rings. The minimum absolute atomic E-state index is 0.000534. The van der Waals surface area contributed by atoms with Gasteiger partial charge in [-0.15, -0.1) is 0 Å². The van der Waals surface area contributed by atoms with Crippen LogP contribution in [0.15, 0.2) is 65.1 Å². The second kappa shape index (κ2) is 7.50. The van der Waals surface area contributed by atoms with Gasteiger partial charge in [-0.25, -0.2) is 0 Å². The molecule has 1 aromatic heterocycles. The molecule has 0 aliphatic carbocycles. The van der Waals surface area contributed by atoms with Crippen molar-refractivity contribution in [1.29, 1.82) is 0 Å². The monoisotopic (exact) mass is 363 g/mol. The Hall–Kier alpha value is -3.34. The molecule has 0 bridgehead atoms. The van der Waals surface area contributed by atoms with Crippen molar-refractivity contribution in [2.75, 3.05) is 7.05 Å². The summed E-state index contributed by atoms with van der Waals surface area (Å²) in [4.78, 5) is 25.7. The van der Waals surface area contributed by atoms with E-state index in [1.54, 1.807) is 66.5 Å². The smallest absolute Gasteiger partial charge is 0.289 e. The van der Waals surface area contributed by atoms with Gasteiger partial charge in [-0.3, -0.25) is 9.59 Å². The van der Waals surface area contributed by atoms with Crippen molar-refractivity contribution < 1.29 is 19.1 Å². The summed E-state index contributed by atoms with van der Waals surface area (Å²) in [5.74, 6) is 0.702. The van der Waals surface area contributed by atoms with E-state index in [2.05, 4.69) is 0 Å². The van der Waals surface area contributed by atoms with Gasteiger partial charge in [0.1, 0.15) is 11.5 Å². The minimum atomic E-state index is -0.252. The largest absolute Gasteiger partial charge is 0.508 e. The summed E-state index contributed by atoms with van der Waals surface area (Å²) in [5.41, 5.74) is 2.25. The quantitative estimate of drug-likeness (QED) is 0.668. The summed E-state index contributed by atoms with van der Waals surface area (Å²) < 4.78 is 5.74. The molecule has 0 aliphatic rings. The van der Waals surface area contributed by atoms with Crippen molar-refractivity contribution in [3.8, 4) is 17.1 Å². The first-order valence-corrected chi connectivity index (χ1v) is 8.64. The van der Waals surface area contributed by atoms with Gasteiger partial charge in [0.05, 0.1) is 6.04 Å². The zero-order chi connectivity index (χ0) is 19.6. The Morgan fingerprint density at radius 3 is 2.37 bits per heavy atom. The number of ketones is 1. The highest BCUT2D eigenvalue weighted by atomic mass is 16.4. The minimum Gasteiger partial charge on any atom is -0.508 e. The van der Waals surface area contributed by atoms with Crippen LogP contribution < -0.4 is 0 Å². The summed E-state index contributed by atoms with van der Waals surface area (Å²) in [5, 5.41) is 9.64. The second-order valence-electron chi connectivity index (χ2n) is 6.48. The number of rotatable bonds is 5. The Labute approximate surface area is 157 Å². The molecule has 0 fully saturated rings. The van der Waals surface area contributed by atoms with Crippen LogP contribution in [0.5, 0.6) is 5.75 Å². The fraction of sp³-hybridized carbons (Fsp3) is 0.182. The zero-order valence-corrected chi connectivity index (χ0v) is 15.5. The highest BCUT2D eigenvalue weighted by Gasteiger charge is 2.22. The number of nitrogens with zero attached hydrogens (tertiary/aromatic N) is 1. The molecule has 0 spiro atoms. The third kappa shape index (κ3) is 3.92. The van der Waals surface area contributed by atoms with E-state index in [1.165, 1.54) is 6.92 Å². The number of carbonyl (C=O) groups excluding carboxylic acids is 2. The SMILES string of the molecule is CC(=O)c1ccc(-c2ccc(C(=O)N(C)[C@H](C)c3cccc(O)c3)o2)cc1. The van der Waals surface area contributed by atoms with E-state index < -0.39 is 0 Å². The van der Waals surface area contributed by atoms with Crippen molar-refractivity contribution in [1.82, 2.24) is 4.90 Å². The van der Waals surface area contributed by atoms with Gasteiger partial charge >= 0.3 is 0 Å². The predicted octanol–water partition coefficient (Wildman–Crippen LogP) is 4.69. The fourth-order valence-electron chi connectivity index (χ4n) is 2.84. The standard InChI is InChI=1S/C22H21NO4/c1-14(18-5-4-6-19(25)13-18)23(3)22(26)21-12-11-20(27-21)17-9-7-16(8-10-17)15(2)24/h4-14,25H,1-3H3/t14-/m1/s1. The van der Waals surface area contributed by atoms with Crippen molar-refractivity contribution in [3.63, 3.8) is 0 Å². The van der Waals surface area contributed by atoms with Crippen molar-refractivity contribution in [2.24, 2.45) is 0 Å². The molecule has 0 radical (unpaired) electrons. The van der Waals surface area contributed by atoms with E-state index in [0.29, 0.717) is 11.3 Å². The molecule has 27 heavy (non-hydrogen) atoms. The third-order valence-corrected chi connectivity index (χ3v) is 4.65. The van der Waals surface area contributed by atoms with Crippen LogP contribution in [0, 0.1) is 0 Å². The summed E-state index contributed by atoms with van der Waals surface area (Å²) in [7, 11) is 1.70. The summed E-state index contributed by atoms with van der Waals surface area (Å²) >= 11 is 0. The van der Waals surface area contributed by atoms with Crippen LogP contribution in [-0.4, -0.2) is 28.7 Å². The lowest BCUT2D eigenvalue weighted by atomic mass is 10.1. The number of carbonyl (C=O) groups is 2. The van der Waals surface area contributed by atoms with E-state index in [0.717, 1.165) is 11.1 Å². The average Bonchev–Trinajstić information content (AvgIpc) is 3.16. The Balaban J connectivity index is 1.78. The van der Waals surface area contributed by atoms with Crippen LogP contribution in [0.2, 0.25) is 0 Å². The predicted molar refractivity (Wildman–Crippen MR) is 103 cm³/mol. The normalized spacial score (nSPS) is 11.8. The van der Waals surface area contributed by atoms with Crippen molar-refractivity contribution >= 4 is 11.7 Å². The molecule has 0 saturated carbocycles. The van der Waals surface area contributed by atoms with Crippen LogP contribution >= 0.6 is 0 Å². The Morgan fingerprint density at radius 1 is 1.04 bits per heavy atom. The van der Waals surface area contributed by atoms with Gasteiger partial charge in [-0.2, -0.15) is 0 Å². The molecule has 1 N–H and O–H groups in total. The molecule has 5 nitrogen and oxygen atoms in total. The molecule has 1 amide bonds. The van der Waals surface area contributed by atoms with Gasteiger partial charge < -0.3 is 14.4 Å². The van der Waals surface area contributed by atoms with Gasteiger partial charge in [-0.05, 0) is 43.7 Å². The van der Waals surface area contributed by atoms with Crippen LogP contribution in [0.3, 0.4) is 0 Å². The maximum absolute atomic E-state index is 12.8. The lowest BCUT2D eigenvalue weighted by Gasteiger charge is -2.24. The summed E-state index contributed by atoms with van der Waals surface area (Å²) in [6.07, 6.45) is 0. The highest BCUT2D eigenvalue weighted by Crippen LogP contribution is 2.27. The number of phenols is 1. The summed E-state index contributed by atoms with van der Waals surface area (Å²) in [6, 6.07) is 17.0. The van der Waals surface area contributed by atoms with Gasteiger partial charge in [0.25, 0.3) is 5.91 Å². The van der Waals surface area contributed by atoms with E-state index >= 15 is 0 Å². The van der Waals surface area contributed by atoms with Gasteiger partial charge in [0.2, 0.25) is 0 Å². The van der Waals surface area contributed by atoms with Crippen LogP contribution in [0.4, 0.5) is 0 Å². The first-order valence-electron chi connectivity index (χ1n) is 8.64. The van der Waals surface area contributed by atoms with Crippen molar-refractivity contribution in [2.45, 2.75) is 19.9 Å². The van der Waals surface area contributed by atoms with Gasteiger partial charge in [-0.1, -0.05) is 36.4 Å². The number of hydrogen-bond acceptors (Lipinski definition) is 4. The first kappa shape index (κ1) is 18.5. The molecule has 5 heteroatoms. The number of Topliss-reactive ketones (excluding diaryl/α,β-unsaturated/α-hetero) is 1. The van der Waals surface area contributed by atoms with Crippen LogP contribution in [-0.2, 0) is 0 Å². The molecule has 0 saturated heterocycles. The zero-order valence-electron chi connectivity index (χ0n) is 15.5. The number of benzene rings is 2. The number of aromatic hydroxyl groups is 1. The number of furan rings is 1. The maximum Gasteiger partial charge on any atom is 0.289 e. The number of phenolic OH excluding ortho intramolecular Hbond substituents is 1. The Kier molecular flexibility index (Phi) is 5.12. The molecule has 1 heterocycles. The number of amides is 1. The third-order valence-electron chi connectivity index (χ3n) is 4.65. The van der Waals surface area contributed by atoms with Gasteiger partial charge in [0, 0.05) is 18.2 Å². The molecular formula is C22H21NO4. The van der Waals surface area contributed by atoms with E-state index in [1.807, 2.05) is 13.0 Å². The molecule has 138 valence electrons. The molecule has 2 aromatic carbocycles. The van der Waals surface area contributed by atoms with E-state index in [4.69, 9.17) is 4.42 Å². The van der Waals surface area contributed by atoms with Crippen LogP contribution in [0.25, 0.3) is 11.3 Å². The molecule has 1 atom stereocenters. The second-order valence-corrected chi connectivity index (χ2v) is 6.48. The maximum atomic E-state index is 12.8. The lowest BCUT2D eigenvalue weighted by molar-refractivity contribution is 0.0711. The summed E-state index contributed by atoms with van der Waals surface area (Å²) in [6.45, 7) is 3.40. The van der Waals surface area contributed by atoms with Gasteiger partial charge in [0.15, 0.2) is 11.5 Å². The molecule has 3 rings (SSSR count). The first-order chi connectivity index (χ1) is 12.9. The average molecular weight is 363 g/mol. The Bertz CT molecular complexity index is 972. The topological polar surface area (TPSA) is 70.8 Å². The molecular weight excluding hydrogens is 342 g/mol. The molecule has 0 unspecified atom stereocenters. The fourth-order valence-corrected chi connectivity index (χ4v) is 2.84. The van der Waals surface area contributed by atoms with E-state index in [9.17, 15) is 14.7 Å². The highest BCUT2D eigenvalue weighted by molar-refractivity contribution is 5.94. The van der Waals surface area contributed by atoms with Crippen LogP contribution in [0.1, 0.15) is 46.4 Å². The molecule has 0 aliphatic heterocycles. The van der Waals surface area contributed by atoms with E-state index in [-0.39, 0.29) is 29.2 Å². The Morgan fingerprint density at radius 2 is 1.74 bits per heavy atom.